The fourth-order valence-corrected chi connectivity index (χ4v) is 5.14. The number of hydrogen-bond donors (Lipinski definition) is 1. The fourth-order valence-electron chi connectivity index (χ4n) is 3.64. The van der Waals surface area contributed by atoms with E-state index in [-0.39, 0.29) is 22.2 Å². The number of benzene rings is 2. The zero-order valence-electron chi connectivity index (χ0n) is 22.1. The zero-order valence-corrected chi connectivity index (χ0v) is 23.7. The Morgan fingerprint density at radius 1 is 1.03 bits per heavy atom. The summed E-state index contributed by atoms with van der Waals surface area (Å²) in [4.78, 5) is 29.9. The largest absolute Gasteiger partial charge is 0.496 e. The Bertz CT molecular complexity index is 1320. The summed E-state index contributed by atoms with van der Waals surface area (Å²) >= 11 is 6.92. The van der Waals surface area contributed by atoms with Crippen molar-refractivity contribution in [2.24, 2.45) is 0 Å². The molecule has 1 heterocycles. The number of nitrogens with zero attached hydrogens (tertiary/aromatic N) is 1. The third-order valence-corrected chi connectivity index (χ3v) is 7.23. The number of esters is 2. The molecule has 206 valence electrons. The summed E-state index contributed by atoms with van der Waals surface area (Å²) in [6, 6.07) is 14.5. The summed E-state index contributed by atoms with van der Waals surface area (Å²) in [6.45, 7) is 4.59. The lowest BCUT2D eigenvalue weighted by Gasteiger charge is -2.27. The van der Waals surface area contributed by atoms with Gasteiger partial charge in [0.15, 0.2) is 5.75 Å². The van der Waals surface area contributed by atoms with Crippen molar-refractivity contribution in [3.63, 3.8) is 0 Å². The number of rotatable bonds is 11. The van der Waals surface area contributed by atoms with Gasteiger partial charge in [-0.05, 0) is 32.0 Å². The summed E-state index contributed by atoms with van der Waals surface area (Å²) in [5, 5.41) is 2.48. The number of aromatic nitrogens is 1. The van der Waals surface area contributed by atoms with Crippen LogP contribution in [0.1, 0.15) is 37.3 Å². The third kappa shape index (κ3) is 7.90. The molecule has 2 aromatic carbocycles. The van der Waals surface area contributed by atoms with Gasteiger partial charge in [-0.15, -0.1) is 11.8 Å². The van der Waals surface area contributed by atoms with Crippen molar-refractivity contribution in [3.05, 3.63) is 77.9 Å². The van der Waals surface area contributed by atoms with Crippen LogP contribution in [0.25, 0.3) is 0 Å². The van der Waals surface area contributed by atoms with E-state index in [0.717, 1.165) is 4.90 Å². The summed E-state index contributed by atoms with van der Waals surface area (Å²) in [5.41, 5.74) is 0.816. The third-order valence-electron chi connectivity index (χ3n) is 5.49. The van der Waals surface area contributed by atoms with Gasteiger partial charge in [0.1, 0.15) is 34.4 Å². The number of nitrogens with one attached hydrogen (secondary N) is 1. The van der Waals surface area contributed by atoms with Crippen molar-refractivity contribution < 1.29 is 32.9 Å². The first kappa shape index (κ1) is 29.9. The van der Waals surface area contributed by atoms with Crippen LogP contribution in [0.15, 0.2) is 65.7 Å². The molecule has 0 bridgehead atoms. The van der Waals surface area contributed by atoms with Gasteiger partial charge in [0, 0.05) is 35.7 Å². The quantitative estimate of drug-likeness (QED) is 0.186. The van der Waals surface area contributed by atoms with Crippen LogP contribution in [-0.4, -0.2) is 48.3 Å². The van der Waals surface area contributed by atoms with Crippen LogP contribution in [0.4, 0.5) is 4.39 Å². The van der Waals surface area contributed by atoms with Crippen molar-refractivity contribution in [2.45, 2.75) is 43.1 Å². The van der Waals surface area contributed by atoms with E-state index in [4.69, 9.17) is 31.2 Å². The van der Waals surface area contributed by atoms with Crippen LogP contribution in [0, 0.1) is 5.82 Å². The van der Waals surface area contributed by atoms with Crippen molar-refractivity contribution in [3.8, 4) is 17.2 Å². The molecule has 0 radical (unpaired) electrons. The second-order valence-electron chi connectivity index (χ2n) is 8.36. The van der Waals surface area contributed by atoms with Gasteiger partial charge in [-0.3, -0.25) is 4.79 Å². The van der Waals surface area contributed by atoms with Crippen LogP contribution < -0.4 is 19.5 Å². The first-order valence-electron chi connectivity index (χ1n) is 11.9. The number of pyridine rings is 1. The molecule has 0 unspecified atom stereocenters. The number of carbonyl (C=O) groups is 2. The lowest BCUT2D eigenvalue weighted by Crippen LogP contribution is -2.41. The molecule has 3 atom stereocenters. The van der Waals surface area contributed by atoms with E-state index in [1.807, 2.05) is 30.3 Å². The van der Waals surface area contributed by atoms with Crippen molar-refractivity contribution in [1.29, 1.82) is 0 Å². The Morgan fingerprint density at radius 3 is 2.36 bits per heavy atom. The minimum Gasteiger partial charge on any atom is -0.496 e. The van der Waals surface area contributed by atoms with E-state index < -0.39 is 35.2 Å². The van der Waals surface area contributed by atoms with Gasteiger partial charge >= 0.3 is 11.9 Å². The zero-order chi connectivity index (χ0) is 28.5. The Labute approximate surface area is 236 Å². The van der Waals surface area contributed by atoms with Gasteiger partial charge in [0.05, 0.1) is 19.5 Å². The highest BCUT2D eigenvalue weighted by Gasteiger charge is 2.30. The predicted octanol–water partition coefficient (Wildman–Crippen LogP) is 5.28. The molecule has 0 aliphatic heterocycles. The molecule has 1 N–H and O–H groups in total. The van der Waals surface area contributed by atoms with Crippen molar-refractivity contribution in [2.75, 3.05) is 14.2 Å². The number of methoxy groups -OCH3 is 2. The molecule has 0 amide bonds. The molecule has 3 aromatic rings. The van der Waals surface area contributed by atoms with Gasteiger partial charge in [0.2, 0.25) is 5.75 Å². The highest BCUT2D eigenvalue weighted by atomic mass is 32.2. The Hall–Kier alpha value is -3.70. The summed E-state index contributed by atoms with van der Waals surface area (Å²) in [6.07, 6.45) is 0.799. The van der Waals surface area contributed by atoms with Crippen LogP contribution in [-0.2, 0) is 14.3 Å². The number of halogens is 1. The van der Waals surface area contributed by atoms with E-state index in [2.05, 4.69) is 10.3 Å². The Kier molecular flexibility index (Phi) is 10.6. The van der Waals surface area contributed by atoms with Crippen LogP contribution in [0.2, 0.25) is 0 Å². The minimum absolute atomic E-state index is 0.0432. The maximum absolute atomic E-state index is 13.9. The summed E-state index contributed by atoms with van der Waals surface area (Å²) < 4.78 is 35.7. The van der Waals surface area contributed by atoms with Crippen molar-refractivity contribution >= 4 is 40.9 Å². The molecule has 0 aliphatic carbocycles. The van der Waals surface area contributed by atoms with Gasteiger partial charge in [-0.1, -0.05) is 36.5 Å². The normalized spacial score (nSPS) is 13.0. The SMILES string of the molecule is COc1cc(F)ccc1[C@@H](Sc1ccccc1)[C@H](C)OC(=O)[C@H](C)NC(=S)c1nccc(OC)c1OC(C)=O. The second-order valence-corrected chi connectivity index (χ2v) is 9.98. The number of carbonyl (C=O) groups excluding carboxylic acids is 2. The molecule has 1 aromatic heterocycles. The standard InChI is InChI=1S/C28H29FN2O6S2/c1-16(31-27(38)24-25(37-18(3)32)22(34-4)13-14-30-24)28(33)36-17(2)26(39-20-9-7-6-8-10-20)21-12-11-19(29)15-23(21)35-5/h6-17,26H,1-5H3,(H,31,38)/t16-,17-,26-/m0/s1. The lowest BCUT2D eigenvalue weighted by atomic mass is 10.1. The van der Waals surface area contributed by atoms with Gasteiger partial charge < -0.3 is 24.3 Å². The van der Waals surface area contributed by atoms with E-state index in [1.54, 1.807) is 19.9 Å². The second kappa shape index (κ2) is 13.9. The van der Waals surface area contributed by atoms with Crippen LogP contribution >= 0.6 is 24.0 Å². The molecule has 0 aliphatic rings. The molecule has 8 nitrogen and oxygen atoms in total. The molecule has 3 rings (SSSR count). The maximum atomic E-state index is 13.9. The van der Waals surface area contributed by atoms with Crippen LogP contribution in [0.5, 0.6) is 17.2 Å². The van der Waals surface area contributed by atoms with Crippen molar-refractivity contribution in [1.82, 2.24) is 10.3 Å². The monoisotopic (exact) mass is 572 g/mol. The van der Waals surface area contributed by atoms with E-state index in [0.29, 0.717) is 11.3 Å². The Balaban J connectivity index is 1.80. The lowest BCUT2D eigenvalue weighted by molar-refractivity contribution is -0.150. The first-order valence-corrected chi connectivity index (χ1v) is 13.2. The number of thioether (sulfide) groups is 1. The molecule has 0 fully saturated rings. The van der Waals surface area contributed by atoms with E-state index >= 15 is 0 Å². The number of hydrogen-bond acceptors (Lipinski definition) is 9. The van der Waals surface area contributed by atoms with Crippen LogP contribution in [0.3, 0.4) is 0 Å². The minimum atomic E-state index is -0.879. The number of thiocarbonyl (C=S) groups is 1. The topological polar surface area (TPSA) is 96.0 Å². The molecule has 0 saturated carbocycles. The molecule has 39 heavy (non-hydrogen) atoms. The van der Waals surface area contributed by atoms with Gasteiger partial charge in [-0.25, -0.2) is 14.2 Å². The highest BCUT2D eigenvalue weighted by Crippen LogP contribution is 2.43. The molecule has 11 heteroatoms. The summed E-state index contributed by atoms with van der Waals surface area (Å²) in [7, 11) is 2.88. The molecule has 0 spiro atoms. The molecular weight excluding hydrogens is 543 g/mol. The van der Waals surface area contributed by atoms with Gasteiger partial charge in [0.25, 0.3) is 0 Å². The number of ether oxygens (including phenoxy) is 4. The molecular formula is C28H29FN2O6S2. The fraction of sp³-hybridized carbons (Fsp3) is 0.286. The smallest absolute Gasteiger partial charge is 0.328 e. The van der Waals surface area contributed by atoms with E-state index in [1.165, 1.54) is 57.3 Å². The molecule has 0 saturated heterocycles. The predicted molar refractivity (Wildman–Crippen MR) is 150 cm³/mol. The highest BCUT2D eigenvalue weighted by molar-refractivity contribution is 7.99. The summed E-state index contributed by atoms with van der Waals surface area (Å²) in [5.74, 6) is -0.944. The van der Waals surface area contributed by atoms with Gasteiger partial charge in [-0.2, -0.15) is 0 Å². The first-order chi connectivity index (χ1) is 18.6. The average Bonchev–Trinajstić information content (AvgIpc) is 2.92. The maximum Gasteiger partial charge on any atom is 0.328 e. The average molecular weight is 573 g/mol. The van der Waals surface area contributed by atoms with E-state index in [9.17, 15) is 14.0 Å². The Morgan fingerprint density at radius 2 is 1.72 bits per heavy atom.